The lowest BCUT2D eigenvalue weighted by molar-refractivity contribution is -0.0114. The summed E-state index contributed by atoms with van der Waals surface area (Å²) >= 11 is 0. The predicted octanol–water partition coefficient (Wildman–Crippen LogP) is 2.69. The molecule has 1 aliphatic heterocycles. The van der Waals surface area contributed by atoms with E-state index in [1.807, 2.05) is 24.3 Å². The van der Waals surface area contributed by atoms with E-state index in [2.05, 4.69) is 6.07 Å². The molecule has 3 nitrogen and oxygen atoms in total. The van der Waals surface area contributed by atoms with Crippen LogP contribution >= 0.6 is 0 Å². The van der Waals surface area contributed by atoms with Crippen molar-refractivity contribution in [3.63, 3.8) is 0 Å². The molecule has 0 N–H and O–H groups in total. The zero-order valence-electron chi connectivity index (χ0n) is 9.35. The Morgan fingerprint density at radius 2 is 2.25 bits per heavy atom. The van der Waals surface area contributed by atoms with E-state index in [1.54, 1.807) is 7.11 Å². The Hall–Kier alpha value is -1.53. The van der Waals surface area contributed by atoms with E-state index >= 15 is 0 Å². The second-order valence-corrected chi connectivity index (χ2v) is 3.91. The number of hydrogen-bond acceptors (Lipinski definition) is 3. The lowest BCUT2D eigenvalue weighted by Crippen LogP contribution is -2.21. The molecule has 3 heteroatoms. The van der Waals surface area contributed by atoms with Crippen LogP contribution in [0.15, 0.2) is 24.3 Å². The molecular formula is C13H15NO2. The molecule has 2 rings (SSSR count). The van der Waals surface area contributed by atoms with Gasteiger partial charge in [0.05, 0.1) is 19.1 Å². The Labute approximate surface area is 95.6 Å². The van der Waals surface area contributed by atoms with E-state index in [1.165, 1.54) is 0 Å². The van der Waals surface area contributed by atoms with Crippen LogP contribution in [0.4, 0.5) is 0 Å². The normalized spacial score (nSPS) is 24.8. The molecule has 0 radical (unpaired) electrons. The molecule has 2 atom stereocenters. The molecule has 1 fully saturated rings. The van der Waals surface area contributed by atoms with Crippen molar-refractivity contribution in [2.45, 2.75) is 18.9 Å². The van der Waals surface area contributed by atoms with Crippen molar-refractivity contribution in [3.05, 3.63) is 29.8 Å². The molecule has 0 aromatic heterocycles. The third-order valence-corrected chi connectivity index (χ3v) is 2.93. The first kappa shape index (κ1) is 11.0. The first-order chi connectivity index (χ1) is 7.86. The average Bonchev–Trinajstić information content (AvgIpc) is 2.38. The molecule has 1 aromatic carbocycles. The van der Waals surface area contributed by atoms with E-state index in [4.69, 9.17) is 14.7 Å². The van der Waals surface area contributed by atoms with Crippen LogP contribution in [-0.4, -0.2) is 13.7 Å². The van der Waals surface area contributed by atoms with Gasteiger partial charge in [0.15, 0.2) is 0 Å². The number of nitriles is 1. The van der Waals surface area contributed by atoms with Crippen LogP contribution in [0.25, 0.3) is 0 Å². The van der Waals surface area contributed by atoms with Gasteiger partial charge in [0.25, 0.3) is 0 Å². The lowest BCUT2D eigenvalue weighted by Gasteiger charge is -2.28. The van der Waals surface area contributed by atoms with Gasteiger partial charge in [-0.15, -0.1) is 0 Å². The largest absolute Gasteiger partial charge is 0.496 e. The van der Waals surface area contributed by atoms with Gasteiger partial charge >= 0.3 is 0 Å². The van der Waals surface area contributed by atoms with Crippen molar-refractivity contribution >= 4 is 0 Å². The van der Waals surface area contributed by atoms with Crippen molar-refractivity contribution in [3.8, 4) is 11.8 Å². The molecule has 1 aliphatic rings. The number of methoxy groups -OCH3 is 1. The van der Waals surface area contributed by atoms with Crippen LogP contribution in [0.1, 0.15) is 24.5 Å². The van der Waals surface area contributed by atoms with Crippen LogP contribution in [0, 0.1) is 17.2 Å². The van der Waals surface area contributed by atoms with Gasteiger partial charge in [0, 0.05) is 12.2 Å². The van der Waals surface area contributed by atoms with Gasteiger partial charge in [0.1, 0.15) is 11.9 Å². The van der Waals surface area contributed by atoms with Gasteiger partial charge in [-0.2, -0.15) is 5.26 Å². The Kier molecular flexibility index (Phi) is 3.43. The fourth-order valence-corrected chi connectivity index (χ4v) is 2.12. The molecule has 0 saturated carbocycles. The molecule has 2 unspecified atom stereocenters. The zero-order chi connectivity index (χ0) is 11.4. The van der Waals surface area contributed by atoms with Crippen molar-refractivity contribution < 1.29 is 9.47 Å². The molecule has 1 saturated heterocycles. The van der Waals surface area contributed by atoms with Crippen LogP contribution in [-0.2, 0) is 4.74 Å². The Morgan fingerprint density at radius 1 is 1.44 bits per heavy atom. The summed E-state index contributed by atoms with van der Waals surface area (Å²) in [4.78, 5) is 0. The molecule has 84 valence electrons. The zero-order valence-corrected chi connectivity index (χ0v) is 9.35. The highest BCUT2D eigenvalue weighted by Crippen LogP contribution is 2.37. The summed E-state index contributed by atoms with van der Waals surface area (Å²) in [7, 11) is 1.64. The number of hydrogen-bond donors (Lipinski definition) is 0. The summed E-state index contributed by atoms with van der Waals surface area (Å²) < 4.78 is 11.0. The highest BCUT2D eigenvalue weighted by molar-refractivity contribution is 5.36. The summed E-state index contributed by atoms with van der Waals surface area (Å²) in [6.45, 7) is 0.723. The highest BCUT2D eigenvalue weighted by Gasteiger charge is 2.29. The summed E-state index contributed by atoms with van der Waals surface area (Å²) in [5.41, 5.74) is 0.983. The molecule has 1 aromatic rings. The second kappa shape index (κ2) is 5.00. The maximum Gasteiger partial charge on any atom is 0.124 e. The van der Waals surface area contributed by atoms with Crippen LogP contribution in [0.5, 0.6) is 5.75 Å². The van der Waals surface area contributed by atoms with Gasteiger partial charge in [-0.25, -0.2) is 0 Å². The van der Waals surface area contributed by atoms with Gasteiger partial charge in [-0.05, 0) is 18.9 Å². The Bertz CT molecular complexity index is 397. The lowest BCUT2D eigenvalue weighted by atomic mass is 9.90. The molecule has 0 aliphatic carbocycles. The van der Waals surface area contributed by atoms with E-state index in [0.717, 1.165) is 30.8 Å². The minimum absolute atomic E-state index is 0.0648. The van der Waals surface area contributed by atoms with E-state index in [9.17, 15) is 0 Å². The first-order valence-corrected chi connectivity index (χ1v) is 5.51. The molecular weight excluding hydrogens is 202 g/mol. The van der Waals surface area contributed by atoms with Gasteiger partial charge in [0.2, 0.25) is 0 Å². The van der Waals surface area contributed by atoms with Gasteiger partial charge in [-0.3, -0.25) is 0 Å². The van der Waals surface area contributed by atoms with E-state index in [0.29, 0.717) is 0 Å². The van der Waals surface area contributed by atoms with Crippen LogP contribution in [0.3, 0.4) is 0 Å². The number of benzene rings is 1. The first-order valence-electron chi connectivity index (χ1n) is 5.51. The molecule has 0 spiro atoms. The second-order valence-electron chi connectivity index (χ2n) is 3.91. The van der Waals surface area contributed by atoms with Gasteiger partial charge in [-0.1, -0.05) is 18.2 Å². The minimum atomic E-state index is -0.144. The monoisotopic (exact) mass is 217 g/mol. The summed E-state index contributed by atoms with van der Waals surface area (Å²) in [6, 6.07) is 10.1. The van der Waals surface area contributed by atoms with Crippen LogP contribution < -0.4 is 4.74 Å². The smallest absolute Gasteiger partial charge is 0.124 e. The standard InChI is InChI=1S/C13H15NO2/c1-15-12-7-3-2-6-11(12)13-10(9-14)5-4-8-16-13/h2-3,6-7,10,13H,4-5,8H2,1H3. The third-order valence-electron chi connectivity index (χ3n) is 2.93. The van der Waals surface area contributed by atoms with Crippen LogP contribution in [0.2, 0.25) is 0 Å². The summed E-state index contributed by atoms with van der Waals surface area (Å²) in [5.74, 6) is 0.736. The SMILES string of the molecule is COc1ccccc1C1OCCCC1C#N. The number of para-hydroxylation sites is 1. The number of ether oxygens (including phenoxy) is 2. The fraction of sp³-hybridized carbons (Fsp3) is 0.462. The third kappa shape index (κ3) is 2.02. The number of rotatable bonds is 2. The Morgan fingerprint density at radius 3 is 3.00 bits per heavy atom. The van der Waals surface area contributed by atoms with E-state index in [-0.39, 0.29) is 12.0 Å². The van der Waals surface area contributed by atoms with E-state index < -0.39 is 0 Å². The van der Waals surface area contributed by atoms with Crippen molar-refractivity contribution in [2.75, 3.05) is 13.7 Å². The molecule has 16 heavy (non-hydrogen) atoms. The topological polar surface area (TPSA) is 42.2 Å². The molecule has 1 heterocycles. The minimum Gasteiger partial charge on any atom is -0.496 e. The summed E-state index contributed by atoms with van der Waals surface area (Å²) in [6.07, 6.45) is 1.72. The predicted molar refractivity (Wildman–Crippen MR) is 60.0 cm³/mol. The van der Waals surface area contributed by atoms with Crippen molar-refractivity contribution in [1.82, 2.24) is 0 Å². The van der Waals surface area contributed by atoms with Crippen molar-refractivity contribution in [1.29, 1.82) is 5.26 Å². The summed E-state index contributed by atoms with van der Waals surface area (Å²) in [5, 5.41) is 9.12. The maximum absolute atomic E-state index is 9.12. The quantitative estimate of drug-likeness (QED) is 0.764. The van der Waals surface area contributed by atoms with Crippen molar-refractivity contribution in [2.24, 2.45) is 5.92 Å². The average molecular weight is 217 g/mol. The highest BCUT2D eigenvalue weighted by atomic mass is 16.5. The molecule has 0 amide bonds. The fourth-order valence-electron chi connectivity index (χ4n) is 2.12. The maximum atomic E-state index is 9.12. The van der Waals surface area contributed by atoms with Gasteiger partial charge < -0.3 is 9.47 Å². The molecule has 0 bridgehead atoms. The number of nitrogens with zero attached hydrogens (tertiary/aromatic N) is 1. The Balaban J connectivity index is 2.31.